The van der Waals surface area contributed by atoms with E-state index in [1.807, 2.05) is 12.1 Å². The van der Waals surface area contributed by atoms with Crippen molar-refractivity contribution in [1.29, 1.82) is 0 Å². The van der Waals surface area contributed by atoms with Crippen LogP contribution in [0.15, 0.2) is 24.3 Å². The highest BCUT2D eigenvalue weighted by Crippen LogP contribution is 2.36. The monoisotopic (exact) mass is 292 g/mol. The Bertz CT molecular complexity index is 449. The van der Waals surface area contributed by atoms with Crippen LogP contribution in [0.5, 0.6) is 0 Å². The summed E-state index contributed by atoms with van der Waals surface area (Å²) in [5, 5.41) is 0. The number of rotatable bonds is 5. The second kappa shape index (κ2) is 6.45. The summed E-state index contributed by atoms with van der Waals surface area (Å²) >= 11 is 0. The summed E-state index contributed by atoms with van der Waals surface area (Å²) in [5.41, 5.74) is 7.71. The topological polar surface area (TPSA) is 29.3 Å². The van der Waals surface area contributed by atoms with E-state index in [9.17, 15) is 4.39 Å². The standard InChI is InChI=1S/C18H29FN2/c1-4-17(2)9-11-21(12-10-17)18(3,14-20)13-15-5-7-16(19)8-6-15/h5-8H,4,9-14,20H2,1-3H3. The minimum Gasteiger partial charge on any atom is -0.329 e. The van der Waals surface area contributed by atoms with Crippen molar-refractivity contribution in [3.63, 3.8) is 0 Å². The predicted octanol–water partition coefficient (Wildman–Crippen LogP) is 3.60. The van der Waals surface area contributed by atoms with Crippen LogP contribution in [0, 0.1) is 11.2 Å². The molecule has 2 nitrogen and oxygen atoms in total. The van der Waals surface area contributed by atoms with Gasteiger partial charge >= 0.3 is 0 Å². The van der Waals surface area contributed by atoms with Gasteiger partial charge in [-0.2, -0.15) is 0 Å². The molecule has 1 fully saturated rings. The highest BCUT2D eigenvalue weighted by Gasteiger charge is 2.36. The van der Waals surface area contributed by atoms with Crippen LogP contribution in [0.1, 0.15) is 45.6 Å². The van der Waals surface area contributed by atoms with Crippen LogP contribution in [0.25, 0.3) is 0 Å². The Morgan fingerprint density at radius 1 is 1.24 bits per heavy atom. The maximum Gasteiger partial charge on any atom is 0.123 e. The van der Waals surface area contributed by atoms with E-state index in [0.29, 0.717) is 12.0 Å². The smallest absolute Gasteiger partial charge is 0.123 e. The first kappa shape index (κ1) is 16.4. The molecule has 0 radical (unpaired) electrons. The van der Waals surface area contributed by atoms with Crippen molar-refractivity contribution in [1.82, 2.24) is 4.90 Å². The Morgan fingerprint density at radius 2 is 1.81 bits per heavy atom. The summed E-state index contributed by atoms with van der Waals surface area (Å²) in [5.74, 6) is -0.176. The van der Waals surface area contributed by atoms with E-state index < -0.39 is 0 Å². The summed E-state index contributed by atoms with van der Waals surface area (Å²) in [6.07, 6.45) is 4.61. The minimum atomic E-state index is -0.176. The first-order valence-electron chi connectivity index (χ1n) is 8.10. The Balaban J connectivity index is 2.05. The van der Waals surface area contributed by atoms with Gasteiger partial charge in [-0.15, -0.1) is 0 Å². The fraction of sp³-hybridized carbons (Fsp3) is 0.667. The quantitative estimate of drug-likeness (QED) is 0.898. The molecule has 1 atom stereocenters. The number of nitrogens with two attached hydrogens (primary N) is 1. The number of likely N-dealkylation sites (tertiary alicyclic amines) is 1. The van der Waals surface area contributed by atoms with Crippen molar-refractivity contribution in [3.8, 4) is 0 Å². The molecule has 0 aromatic heterocycles. The number of hydrogen-bond acceptors (Lipinski definition) is 2. The van der Waals surface area contributed by atoms with E-state index >= 15 is 0 Å². The largest absolute Gasteiger partial charge is 0.329 e. The van der Waals surface area contributed by atoms with E-state index in [-0.39, 0.29) is 11.4 Å². The molecule has 1 aromatic carbocycles. The van der Waals surface area contributed by atoms with Crippen LogP contribution in [-0.4, -0.2) is 30.1 Å². The van der Waals surface area contributed by atoms with Gasteiger partial charge in [-0.25, -0.2) is 4.39 Å². The molecule has 1 saturated heterocycles. The van der Waals surface area contributed by atoms with Gasteiger partial charge in [0.05, 0.1) is 0 Å². The SMILES string of the molecule is CCC1(C)CCN(C(C)(CN)Cc2ccc(F)cc2)CC1. The number of nitrogens with zero attached hydrogens (tertiary/aromatic N) is 1. The molecule has 0 spiro atoms. The van der Waals surface area contributed by atoms with Gasteiger partial charge in [0, 0.05) is 12.1 Å². The molecule has 0 bridgehead atoms. The Labute approximate surface area is 128 Å². The van der Waals surface area contributed by atoms with Crippen LogP contribution in [0.4, 0.5) is 4.39 Å². The molecule has 3 heteroatoms. The first-order chi connectivity index (χ1) is 9.91. The maximum atomic E-state index is 13.0. The summed E-state index contributed by atoms with van der Waals surface area (Å²) in [6.45, 7) is 9.77. The molecular weight excluding hydrogens is 263 g/mol. The summed E-state index contributed by atoms with van der Waals surface area (Å²) in [4.78, 5) is 2.54. The molecule has 2 rings (SSSR count). The van der Waals surface area contributed by atoms with Gasteiger partial charge in [-0.1, -0.05) is 32.4 Å². The predicted molar refractivity (Wildman–Crippen MR) is 86.8 cm³/mol. The lowest BCUT2D eigenvalue weighted by atomic mass is 9.76. The number of piperidine rings is 1. The van der Waals surface area contributed by atoms with E-state index in [1.54, 1.807) is 0 Å². The van der Waals surface area contributed by atoms with Crippen LogP contribution in [0.2, 0.25) is 0 Å². The van der Waals surface area contributed by atoms with Gasteiger partial charge < -0.3 is 5.73 Å². The highest BCUT2D eigenvalue weighted by molar-refractivity contribution is 5.19. The molecule has 118 valence electrons. The molecule has 1 aromatic rings. The van der Waals surface area contributed by atoms with E-state index in [4.69, 9.17) is 5.73 Å². The Kier molecular flexibility index (Phi) is 5.05. The van der Waals surface area contributed by atoms with Gasteiger partial charge in [-0.05, 0) is 62.4 Å². The molecule has 1 heterocycles. The molecule has 1 unspecified atom stereocenters. The van der Waals surface area contributed by atoms with Gasteiger partial charge in [0.25, 0.3) is 0 Å². The lowest BCUT2D eigenvalue weighted by Crippen LogP contribution is -2.56. The Morgan fingerprint density at radius 3 is 2.29 bits per heavy atom. The van der Waals surface area contributed by atoms with Gasteiger partial charge in [0.15, 0.2) is 0 Å². The van der Waals surface area contributed by atoms with Crippen LogP contribution in [-0.2, 0) is 6.42 Å². The lowest BCUT2D eigenvalue weighted by Gasteiger charge is -2.47. The highest BCUT2D eigenvalue weighted by atomic mass is 19.1. The van der Waals surface area contributed by atoms with E-state index in [0.717, 1.165) is 25.1 Å². The lowest BCUT2D eigenvalue weighted by molar-refractivity contribution is 0.0346. The van der Waals surface area contributed by atoms with Crippen molar-refractivity contribution >= 4 is 0 Å². The van der Waals surface area contributed by atoms with Crippen molar-refractivity contribution in [3.05, 3.63) is 35.6 Å². The second-order valence-corrected chi connectivity index (χ2v) is 7.16. The molecule has 1 aliphatic rings. The summed E-state index contributed by atoms with van der Waals surface area (Å²) in [7, 11) is 0. The fourth-order valence-electron chi connectivity index (χ4n) is 3.30. The van der Waals surface area contributed by atoms with Crippen LogP contribution >= 0.6 is 0 Å². The van der Waals surface area contributed by atoms with Crippen molar-refractivity contribution in [2.75, 3.05) is 19.6 Å². The third kappa shape index (κ3) is 3.83. The number of hydrogen-bond donors (Lipinski definition) is 1. The van der Waals surface area contributed by atoms with Crippen molar-refractivity contribution in [2.45, 2.75) is 52.0 Å². The number of benzene rings is 1. The van der Waals surface area contributed by atoms with Crippen LogP contribution in [0.3, 0.4) is 0 Å². The molecule has 21 heavy (non-hydrogen) atoms. The number of halogens is 1. The average Bonchev–Trinajstić information content (AvgIpc) is 2.50. The minimum absolute atomic E-state index is 0.0348. The van der Waals surface area contributed by atoms with Crippen LogP contribution < -0.4 is 5.73 Å². The summed E-state index contributed by atoms with van der Waals surface area (Å²) < 4.78 is 13.0. The first-order valence-corrected chi connectivity index (χ1v) is 8.10. The van der Waals surface area contributed by atoms with Gasteiger partial charge in [-0.3, -0.25) is 4.90 Å². The van der Waals surface area contributed by atoms with Crippen molar-refractivity contribution < 1.29 is 4.39 Å². The van der Waals surface area contributed by atoms with Gasteiger partial charge in [0.1, 0.15) is 5.82 Å². The molecule has 2 N–H and O–H groups in total. The normalized spacial score (nSPS) is 22.0. The molecular formula is C18H29FN2. The molecule has 1 aliphatic heterocycles. The molecule has 0 amide bonds. The molecule has 0 aliphatic carbocycles. The fourth-order valence-corrected chi connectivity index (χ4v) is 3.30. The van der Waals surface area contributed by atoms with E-state index in [1.165, 1.54) is 31.4 Å². The third-order valence-electron chi connectivity index (χ3n) is 5.53. The summed E-state index contributed by atoms with van der Waals surface area (Å²) in [6, 6.07) is 6.83. The third-order valence-corrected chi connectivity index (χ3v) is 5.53. The zero-order valence-corrected chi connectivity index (χ0v) is 13.7. The Hall–Kier alpha value is -0.930. The second-order valence-electron chi connectivity index (χ2n) is 7.16. The van der Waals surface area contributed by atoms with Gasteiger partial charge in [0.2, 0.25) is 0 Å². The maximum absolute atomic E-state index is 13.0. The average molecular weight is 292 g/mol. The zero-order chi connectivity index (χ0) is 15.5. The molecule has 0 saturated carbocycles. The zero-order valence-electron chi connectivity index (χ0n) is 13.7. The van der Waals surface area contributed by atoms with E-state index in [2.05, 4.69) is 25.7 Å². The van der Waals surface area contributed by atoms with Crippen molar-refractivity contribution in [2.24, 2.45) is 11.1 Å².